The van der Waals surface area contributed by atoms with E-state index in [1.165, 1.54) is 52.2 Å². The van der Waals surface area contributed by atoms with Crippen molar-refractivity contribution in [2.75, 3.05) is 59.4 Å². The smallest absolute Gasteiger partial charge is 0.123 e. The molecule has 0 saturated carbocycles. The molecule has 3 aromatic rings. The lowest BCUT2D eigenvalue weighted by Crippen LogP contribution is -2.43. The van der Waals surface area contributed by atoms with Gasteiger partial charge in [-0.25, -0.2) is 4.98 Å². The second kappa shape index (κ2) is 15.6. The van der Waals surface area contributed by atoms with Gasteiger partial charge < -0.3 is 25.3 Å². The van der Waals surface area contributed by atoms with Gasteiger partial charge in [-0.05, 0) is 98.1 Å². The molecule has 262 valence electrons. The molecule has 1 saturated heterocycles. The van der Waals surface area contributed by atoms with Gasteiger partial charge in [0.15, 0.2) is 0 Å². The van der Waals surface area contributed by atoms with E-state index < -0.39 is 0 Å². The summed E-state index contributed by atoms with van der Waals surface area (Å²) < 4.78 is 0. The van der Waals surface area contributed by atoms with Gasteiger partial charge >= 0.3 is 0 Å². The fourth-order valence-corrected chi connectivity index (χ4v) is 8.24. The summed E-state index contributed by atoms with van der Waals surface area (Å²) in [5.41, 5.74) is 19.1. The number of hydrogen-bond acceptors (Lipinski definition) is 8. The van der Waals surface area contributed by atoms with Crippen LogP contribution in [-0.2, 0) is 13.0 Å². The highest BCUT2D eigenvalue weighted by atomic mass is 32.1. The van der Waals surface area contributed by atoms with E-state index in [-0.39, 0.29) is 0 Å². The molecule has 0 amide bonds. The minimum atomic E-state index is 0.385. The molecule has 1 aromatic carbocycles. The summed E-state index contributed by atoms with van der Waals surface area (Å²) in [4.78, 5) is 19.0. The maximum atomic E-state index is 7.02. The molecule has 2 unspecified atom stereocenters. The molecule has 1 fully saturated rings. The van der Waals surface area contributed by atoms with Gasteiger partial charge in [-0.15, -0.1) is 0 Å². The van der Waals surface area contributed by atoms with Crippen molar-refractivity contribution in [1.82, 2.24) is 14.9 Å². The summed E-state index contributed by atoms with van der Waals surface area (Å²) in [5, 5.41) is 0. The first kappa shape index (κ1) is 36.0. The van der Waals surface area contributed by atoms with Crippen LogP contribution >= 0.6 is 12.6 Å². The third-order valence-corrected chi connectivity index (χ3v) is 11.0. The Bertz CT molecular complexity index is 1740. The maximum Gasteiger partial charge on any atom is 0.123 e. The summed E-state index contributed by atoms with van der Waals surface area (Å²) >= 11 is 3.53. The highest BCUT2D eigenvalue weighted by Gasteiger charge is 2.37. The quantitative estimate of drug-likeness (QED) is 0.194. The largest absolute Gasteiger partial charge is 0.384 e. The van der Waals surface area contributed by atoms with Gasteiger partial charge in [-0.1, -0.05) is 45.0 Å². The zero-order valence-electron chi connectivity index (χ0n) is 30.7. The number of hydrogen-bond donors (Lipinski definition) is 2. The zero-order chi connectivity index (χ0) is 35.5. The lowest BCUT2D eigenvalue weighted by atomic mass is 9.75. The molecule has 0 aliphatic carbocycles. The monoisotopic (exact) mass is 687 g/mol. The molecule has 2 aromatic heterocycles. The van der Waals surface area contributed by atoms with Gasteiger partial charge in [0, 0.05) is 79.4 Å². The van der Waals surface area contributed by atoms with Crippen LogP contribution in [0.25, 0.3) is 5.57 Å². The molecule has 7 nitrogen and oxygen atoms in total. The molecule has 50 heavy (non-hydrogen) atoms. The van der Waals surface area contributed by atoms with E-state index in [2.05, 4.69) is 106 Å². The Kier molecular flexibility index (Phi) is 11.2. The molecular formula is C41H54BN7S. The number of benzene rings is 1. The third kappa shape index (κ3) is 7.30. The van der Waals surface area contributed by atoms with Gasteiger partial charge in [-0.3, -0.25) is 4.98 Å². The van der Waals surface area contributed by atoms with Crippen LogP contribution in [-0.4, -0.2) is 67.7 Å². The lowest BCUT2D eigenvalue weighted by Gasteiger charge is -2.46. The number of anilines is 4. The number of thiol groups is 1. The molecule has 2 N–H and O–H groups in total. The number of piperidine rings is 1. The first-order valence-electron chi connectivity index (χ1n) is 18.4. The summed E-state index contributed by atoms with van der Waals surface area (Å²) in [5.74, 6) is 1.75. The highest BCUT2D eigenvalue weighted by Crippen LogP contribution is 2.50. The van der Waals surface area contributed by atoms with Gasteiger partial charge in [0.1, 0.15) is 13.7 Å². The molecule has 4 aliphatic rings. The molecule has 2 atom stereocenters. The second-order valence-corrected chi connectivity index (χ2v) is 14.5. The minimum Gasteiger partial charge on any atom is -0.384 e. The van der Waals surface area contributed by atoms with E-state index in [1.54, 1.807) is 6.26 Å². The molecule has 6 heterocycles. The number of aryl methyl sites for hydroxylation is 1. The number of nitrogens with zero attached hydrogens (tertiary/aromatic N) is 6. The number of nitrogens with two attached hydrogens (primary N) is 1. The standard InChI is InChI=1S/C40H50BN7.CH4S/c1-6-32-19-30(11-14-43-32)22-47(34-8-7-15-46(25-34)33-9-10-37(42)44-21-33)23-31-24-48-28(4)18-27(3)38-39(48)35(29(31)5)20-36(41)40(38)45-16-12-26(2)13-17-45;1-2/h8-11,14,19-21,24,26-28H,5-7,12-13,15-18,22-23,25H2,1-4H3,(H2,42,44);2H,1H3. The zero-order valence-corrected chi connectivity index (χ0v) is 31.6. The van der Waals surface area contributed by atoms with Gasteiger partial charge in [0.05, 0.1) is 24.1 Å². The van der Waals surface area contributed by atoms with Gasteiger partial charge in [0.2, 0.25) is 0 Å². The predicted octanol–water partition coefficient (Wildman–Crippen LogP) is 7.11. The number of pyridine rings is 2. The van der Waals surface area contributed by atoms with Gasteiger partial charge in [-0.2, -0.15) is 12.6 Å². The Labute approximate surface area is 307 Å². The van der Waals surface area contributed by atoms with E-state index in [9.17, 15) is 0 Å². The van der Waals surface area contributed by atoms with Crippen LogP contribution in [0.5, 0.6) is 0 Å². The van der Waals surface area contributed by atoms with Crippen molar-refractivity contribution in [2.24, 2.45) is 5.92 Å². The van der Waals surface area contributed by atoms with Crippen LogP contribution < -0.4 is 25.9 Å². The summed E-state index contributed by atoms with van der Waals surface area (Å²) in [7, 11) is 7.02. The van der Waals surface area contributed by atoms with Crippen molar-refractivity contribution in [3.05, 3.63) is 95.2 Å². The molecule has 0 spiro atoms. The number of nitrogen functional groups attached to an aromatic ring is 1. The fourth-order valence-electron chi connectivity index (χ4n) is 8.24. The van der Waals surface area contributed by atoms with Crippen molar-refractivity contribution in [1.29, 1.82) is 0 Å². The highest BCUT2D eigenvalue weighted by molar-refractivity contribution is 7.79. The van der Waals surface area contributed by atoms with Crippen molar-refractivity contribution < 1.29 is 0 Å². The SMILES string of the molecule is CS.[B]c1cc2c3c(c1N1CCC(C)CC1)C(C)CC(C)N3C=C(CN(Cc1ccnc(CC)c1)C1=CCCN(c3ccc(N)nc3)C1)C2=C. The van der Waals surface area contributed by atoms with Crippen LogP contribution in [0.2, 0.25) is 0 Å². The topological polar surface area (TPSA) is 64.8 Å². The third-order valence-electron chi connectivity index (χ3n) is 11.0. The molecule has 9 heteroatoms. The van der Waals surface area contributed by atoms with Crippen molar-refractivity contribution in [3.8, 4) is 0 Å². The van der Waals surface area contributed by atoms with E-state index in [0.29, 0.717) is 17.8 Å². The van der Waals surface area contributed by atoms with Crippen LogP contribution in [0.15, 0.2) is 72.9 Å². The molecule has 7 rings (SSSR count). The Morgan fingerprint density at radius 1 is 1.00 bits per heavy atom. The average molecular weight is 688 g/mol. The van der Waals surface area contributed by atoms with Gasteiger partial charge in [0.25, 0.3) is 0 Å². The Hall–Kier alpha value is -3.85. The number of aromatic nitrogens is 2. The average Bonchev–Trinajstić information content (AvgIpc) is 3.13. The fraction of sp³-hybridized carbons (Fsp3) is 0.463. The second-order valence-electron chi connectivity index (χ2n) is 14.5. The lowest BCUT2D eigenvalue weighted by molar-refractivity contribution is 0.353. The number of rotatable bonds is 8. The van der Waals surface area contributed by atoms with Crippen molar-refractivity contribution in [2.45, 2.75) is 78.3 Å². The first-order chi connectivity index (χ1) is 24.2. The van der Waals surface area contributed by atoms with Crippen LogP contribution in [0.4, 0.5) is 22.9 Å². The van der Waals surface area contributed by atoms with E-state index in [0.717, 1.165) is 86.9 Å². The predicted molar refractivity (Wildman–Crippen MR) is 217 cm³/mol. The molecular weight excluding hydrogens is 633 g/mol. The van der Waals surface area contributed by atoms with Crippen LogP contribution in [0.1, 0.15) is 81.7 Å². The molecule has 2 radical (unpaired) electrons. The van der Waals surface area contributed by atoms with E-state index in [4.69, 9.17) is 20.2 Å². The van der Waals surface area contributed by atoms with Crippen molar-refractivity contribution >= 4 is 54.4 Å². The normalized spacial score (nSPS) is 20.4. The summed E-state index contributed by atoms with van der Waals surface area (Å²) in [6.07, 6.45) is 15.8. The molecule has 4 aliphatic heterocycles. The van der Waals surface area contributed by atoms with E-state index in [1.807, 2.05) is 18.5 Å². The first-order valence-corrected chi connectivity index (χ1v) is 19.3. The maximum absolute atomic E-state index is 7.02. The van der Waals surface area contributed by atoms with Crippen molar-refractivity contribution in [3.63, 3.8) is 0 Å². The van der Waals surface area contributed by atoms with Crippen LogP contribution in [0.3, 0.4) is 0 Å². The van der Waals surface area contributed by atoms with Crippen LogP contribution in [0, 0.1) is 5.92 Å². The summed E-state index contributed by atoms with van der Waals surface area (Å²) in [6, 6.07) is 11.0. The summed E-state index contributed by atoms with van der Waals surface area (Å²) in [6.45, 7) is 19.5. The Morgan fingerprint density at radius 2 is 1.78 bits per heavy atom. The minimum absolute atomic E-state index is 0.385. The van der Waals surface area contributed by atoms with E-state index >= 15 is 0 Å². The Balaban J connectivity index is 0.00000212. The Morgan fingerprint density at radius 3 is 2.50 bits per heavy atom. The molecule has 0 bridgehead atoms.